The van der Waals surface area contributed by atoms with Crippen molar-refractivity contribution in [2.45, 2.75) is 0 Å². The van der Waals surface area contributed by atoms with E-state index >= 15 is 0 Å². The number of hydrogen-bond acceptors (Lipinski definition) is 4. The van der Waals surface area contributed by atoms with Gasteiger partial charge in [-0.2, -0.15) is 7.82 Å². The van der Waals surface area contributed by atoms with Crippen LogP contribution in [-0.4, -0.2) is 0 Å². The summed E-state index contributed by atoms with van der Waals surface area (Å²) in [5.74, 6) is 0. The van der Waals surface area contributed by atoms with Crippen LogP contribution in [0, 0.1) is 0 Å². The Morgan fingerprint density at radius 1 is 1.12 bits per heavy atom. The van der Waals surface area contributed by atoms with E-state index in [1.807, 2.05) is 0 Å². The molecule has 0 aliphatic carbocycles. The van der Waals surface area contributed by atoms with Crippen molar-refractivity contribution in [2.24, 2.45) is 0 Å². The zero-order valence-electron chi connectivity index (χ0n) is 4.29. The van der Waals surface area contributed by atoms with Gasteiger partial charge in [-0.05, 0) is 0 Å². The molecule has 0 N–H and O–H groups in total. The van der Waals surface area contributed by atoms with Crippen molar-refractivity contribution in [2.75, 3.05) is 0 Å². The van der Waals surface area contributed by atoms with E-state index in [0.717, 1.165) is 0 Å². The molecule has 0 spiro atoms. The maximum absolute atomic E-state index is 8.55. The Bertz CT molecular complexity index is 62.2. The monoisotopic (exact) mass is 272 g/mol. The smallest absolute Gasteiger partial charge is 0.822 e. The van der Waals surface area contributed by atoms with E-state index in [1.165, 1.54) is 0 Å². The van der Waals surface area contributed by atoms with Gasteiger partial charge in [-0.25, -0.2) is 0 Å². The first-order chi connectivity index (χ1) is 2.00. The molecule has 0 heterocycles. The number of rotatable bonds is 0. The second-order valence-electron chi connectivity index (χ2n) is 0.447. The fourth-order valence-corrected chi connectivity index (χ4v) is 0. The molecule has 0 atom stereocenters. The van der Waals surface area contributed by atoms with Gasteiger partial charge < -0.3 is 19.2 Å². The Hall–Kier alpha value is 2.62. The molecular formula is NaO4PZnZr+4. The van der Waals surface area contributed by atoms with Crippen molar-refractivity contribution in [1.29, 1.82) is 0 Å². The molecule has 0 saturated heterocycles. The van der Waals surface area contributed by atoms with Gasteiger partial charge in [0.15, 0.2) is 0 Å². The standard InChI is InChI=1S/Na.H3O4P.Zn.Zr/c;1-5(2,3)4;;/h;(H3,1,2,3,4);;/q+1;;+2;+4/p-3. The van der Waals surface area contributed by atoms with Crippen LogP contribution >= 0.6 is 7.82 Å². The molecule has 0 radical (unpaired) electrons. The Balaban J connectivity index is -0.0000000267. The maximum atomic E-state index is 8.55. The molecular weight excluding hydrogens is 275 g/mol. The molecule has 8 heteroatoms. The Morgan fingerprint density at radius 3 is 1.12 bits per heavy atom. The number of hydrogen-bond donors (Lipinski definition) is 0. The average Bonchev–Trinajstić information content (AvgIpc) is 0.722. The van der Waals surface area contributed by atoms with E-state index in [4.69, 9.17) is 19.2 Å². The quantitative estimate of drug-likeness (QED) is 0.325. The van der Waals surface area contributed by atoms with Crippen molar-refractivity contribution in [3.63, 3.8) is 0 Å². The SMILES string of the molecule is O=P([O-])([O-])[O-].[Na+].[Zn+2].[Zr+4]. The zero-order valence-corrected chi connectivity index (χ0v) is 12.6. The molecule has 8 heavy (non-hydrogen) atoms. The molecule has 0 saturated carbocycles. The zero-order chi connectivity index (χ0) is 4.50. The molecule has 0 rings (SSSR count). The van der Waals surface area contributed by atoms with Crippen molar-refractivity contribution in [3.8, 4) is 0 Å². The van der Waals surface area contributed by atoms with Crippen LogP contribution in [0.15, 0.2) is 0 Å². The van der Waals surface area contributed by atoms with Crippen LogP contribution in [0.3, 0.4) is 0 Å². The van der Waals surface area contributed by atoms with Crippen LogP contribution in [0.25, 0.3) is 0 Å². The van der Waals surface area contributed by atoms with Crippen molar-refractivity contribution in [1.82, 2.24) is 0 Å². The van der Waals surface area contributed by atoms with Gasteiger partial charge in [0.2, 0.25) is 0 Å². The summed E-state index contributed by atoms with van der Waals surface area (Å²) >= 11 is 0. The molecule has 0 amide bonds. The van der Waals surface area contributed by atoms with E-state index in [2.05, 4.69) is 0 Å². The van der Waals surface area contributed by atoms with Crippen LogP contribution in [-0.2, 0) is 50.2 Å². The molecule has 0 bridgehead atoms. The predicted molar refractivity (Wildman–Crippen MR) is 7.61 cm³/mol. The van der Waals surface area contributed by atoms with Crippen LogP contribution in [0.4, 0.5) is 0 Å². The summed E-state index contributed by atoms with van der Waals surface area (Å²) in [4.78, 5) is 25.6. The van der Waals surface area contributed by atoms with Crippen LogP contribution in [0.1, 0.15) is 0 Å². The summed E-state index contributed by atoms with van der Waals surface area (Å²) < 4.78 is 8.55. The van der Waals surface area contributed by atoms with E-state index in [1.54, 1.807) is 0 Å². The summed E-state index contributed by atoms with van der Waals surface area (Å²) in [5, 5.41) is 0. The van der Waals surface area contributed by atoms with Crippen LogP contribution < -0.4 is 44.2 Å². The molecule has 0 fully saturated rings. The molecule has 0 aromatic carbocycles. The molecule has 0 unspecified atom stereocenters. The summed E-state index contributed by atoms with van der Waals surface area (Å²) in [5.41, 5.74) is 0. The molecule has 32 valence electrons. The molecule has 0 aliphatic heterocycles. The van der Waals surface area contributed by atoms with Gasteiger partial charge in [-0.15, -0.1) is 0 Å². The minimum absolute atomic E-state index is 0. The second-order valence-corrected chi connectivity index (χ2v) is 1.34. The summed E-state index contributed by atoms with van der Waals surface area (Å²) in [6.07, 6.45) is 0. The fraction of sp³-hybridized carbons (Fsp3) is 0. The van der Waals surface area contributed by atoms with Gasteiger partial charge in [-0.1, -0.05) is 0 Å². The Labute approximate surface area is 101 Å². The molecule has 0 aliphatic rings. The van der Waals surface area contributed by atoms with Gasteiger partial charge >= 0.3 is 75.2 Å². The van der Waals surface area contributed by atoms with Crippen LogP contribution in [0.2, 0.25) is 0 Å². The van der Waals surface area contributed by atoms with Gasteiger partial charge in [-0.3, -0.25) is 0 Å². The summed E-state index contributed by atoms with van der Waals surface area (Å²) in [7, 11) is -5.39. The molecule has 4 nitrogen and oxygen atoms in total. The Morgan fingerprint density at radius 2 is 1.12 bits per heavy atom. The average molecular weight is 275 g/mol. The van der Waals surface area contributed by atoms with Gasteiger partial charge in [0.25, 0.3) is 0 Å². The van der Waals surface area contributed by atoms with E-state index < -0.39 is 7.82 Å². The third-order valence-electron chi connectivity index (χ3n) is 0. The summed E-state index contributed by atoms with van der Waals surface area (Å²) in [6.45, 7) is 0. The summed E-state index contributed by atoms with van der Waals surface area (Å²) in [6, 6.07) is 0. The third kappa shape index (κ3) is 73.0. The topological polar surface area (TPSA) is 86.2 Å². The van der Waals surface area contributed by atoms with E-state index in [0.29, 0.717) is 0 Å². The normalized spacial score (nSPS) is 7.38. The van der Waals surface area contributed by atoms with Crippen molar-refractivity contribution >= 4 is 7.82 Å². The fourth-order valence-electron chi connectivity index (χ4n) is 0. The first-order valence-corrected chi connectivity index (χ1v) is 2.19. The molecule has 0 aromatic rings. The third-order valence-corrected chi connectivity index (χ3v) is 0. The van der Waals surface area contributed by atoms with Gasteiger partial charge in [0.05, 0.1) is 0 Å². The first-order valence-electron chi connectivity index (χ1n) is 0.730. The largest absolute Gasteiger partial charge is 4.00 e. The minimum Gasteiger partial charge on any atom is -0.822 e. The van der Waals surface area contributed by atoms with E-state index in [9.17, 15) is 0 Å². The predicted octanol–water partition coefficient (Wildman–Crippen LogP) is -5.83. The number of phosphoric acid groups is 1. The minimum atomic E-state index is -5.39. The van der Waals surface area contributed by atoms with Gasteiger partial charge in [0, 0.05) is 0 Å². The second kappa shape index (κ2) is 9.62. The molecule has 0 aromatic heterocycles. The van der Waals surface area contributed by atoms with Crippen molar-refractivity contribution < 1.29 is 94.5 Å². The maximum Gasteiger partial charge on any atom is 4.00 e. The first kappa shape index (κ1) is 22.4. The Kier molecular flexibility index (Phi) is 27.0. The van der Waals surface area contributed by atoms with Crippen LogP contribution in [0.5, 0.6) is 0 Å². The van der Waals surface area contributed by atoms with E-state index in [-0.39, 0.29) is 75.2 Å². The van der Waals surface area contributed by atoms with Crippen molar-refractivity contribution in [3.05, 3.63) is 0 Å². The van der Waals surface area contributed by atoms with Gasteiger partial charge in [0.1, 0.15) is 0 Å².